The molecule has 146 valence electrons. The lowest BCUT2D eigenvalue weighted by Gasteiger charge is -2.22. The van der Waals surface area contributed by atoms with E-state index in [0.29, 0.717) is 27.9 Å². The molecular formula is C20H19ClN8. The van der Waals surface area contributed by atoms with Gasteiger partial charge in [0.15, 0.2) is 11.5 Å². The molecule has 0 aliphatic rings. The average molecular weight is 407 g/mol. The van der Waals surface area contributed by atoms with Gasteiger partial charge in [-0.3, -0.25) is 9.78 Å². The van der Waals surface area contributed by atoms with E-state index in [0.717, 1.165) is 16.5 Å². The van der Waals surface area contributed by atoms with E-state index in [4.69, 9.17) is 16.6 Å². The Labute approximate surface area is 172 Å². The molecule has 0 atom stereocenters. The average Bonchev–Trinajstić information content (AvgIpc) is 3.29. The standard InChI is InChI=1S/C20H19ClN8/c1-20(2,3)26-19-15(9-22)24-17(18(25-19)14-5-6-29(4)28-14)11-7-12-10-23-27-16(12)13(21)8-11/h5-8,10H,1-4H3,(H,23,27)(H,25,26). The summed E-state index contributed by atoms with van der Waals surface area (Å²) in [7, 11) is 1.84. The molecule has 8 nitrogen and oxygen atoms in total. The van der Waals surface area contributed by atoms with Gasteiger partial charge in [-0.25, -0.2) is 9.97 Å². The molecule has 0 unspecified atom stereocenters. The number of halogens is 1. The second-order valence-electron chi connectivity index (χ2n) is 7.77. The fraction of sp³-hybridized carbons (Fsp3) is 0.250. The first-order valence-corrected chi connectivity index (χ1v) is 9.36. The van der Waals surface area contributed by atoms with Gasteiger partial charge < -0.3 is 5.32 Å². The third kappa shape index (κ3) is 3.65. The number of nitrogens with zero attached hydrogens (tertiary/aromatic N) is 6. The highest BCUT2D eigenvalue weighted by Gasteiger charge is 2.22. The van der Waals surface area contributed by atoms with Gasteiger partial charge in [0.05, 0.1) is 16.7 Å². The van der Waals surface area contributed by atoms with Crippen LogP contribution < -0.4 is 5.32 Å². The molecule has 3 aromatic heterocycles. The van der Waals surface area contributed by atoms with Crippen LogP contribution >= 0.6 is 11.6 Å². The van der Waals surface area contributed by atoms with Gasteiger partial charge in [0.1, 0.15) is 23.2 Å². The molecule has 9 heteroatoms. The van der Waals surface area contributed by atoms with Crippen molar-refractivity contribution in [2.75, 3.05) is 5.32 Å². The first-order valence-electron chi connectivity index (χ1n) is 8.98. The predicted octanol–water partition coefficient (Wildman–Crippen LogP) is 4.16. The first-order chi connectivity index (χ1) is 13.7. The second kappa shape index (κ2) is 6.87. The fourth-order valence-corrected chi connectivity index (χ4v) is 3.30. The number of aryl methyl sites for hydroxylation is 1. The Morgan fingerprint density at radius 1 is 1.21 bits per heavy atom. The van der Waals surface area contributed by atoms with Crippen molar-refractivity contribution in [2.45, 2.75) is 26.3 Å². The SMILES string of the molecule is Cn1ccc(-c2nc(NC(C)(C)C)c(C#N)nc2-c2cc(Cl)c3[nH]ncc3c2)n1. The van der Waals surface area contributed by atoms with E-state index < -0.39 is 0 Å². The summed E-state index contributed by atoms with van der Waals surface area (Å²) in [4.78, 5) is 9.39. The van der Waals surface area contributed by atoms with Crippen LogP contribution in [0.1, 0.15) is 26.5 Å². The van der Waals surface area contributed by atoms with Gasteiger partial charge in [-0.05, 0) is 39.0 Å². The van der Waals surface area contributed by atoms with Gasteiger partial charge >= 0.3 is 0 Å². The summed E-state index contributed by atoms with van der Waals surface area (Å²) < 4.78 is 1.70. The van der Waals surface area contributed by atoms with Crippen LogP contribution in [-0.4, -0.2) is 35.5 Å². The van der Waals surface area contributed by atoms with E-state index in [1.807, 2.05) is 46.1 Å². The summed E-state index contributed by atoms with van der Waals surface area (Å²) in [5.41, 5.74) is 3.14. The Balaban J connectivity index is 1.99. The Morgan fingerprint density at radius 2 is 2.00 bits per heavy atom. The normalized spacial score (nSPS) is 11.6. The summed E-state index contributed by atoms with van der Waals surface area (Å²) in [6.45, 7) is 5.99. The van der Waals surface area contributed by atoms with Crippen molar-refractivity contribution in [3.63, 3.8) is 0 Å². The van der Waals surface area contributed by atoms with E-state index in [2.05, 4.69) is 31.7 Å². The minimum absolute atomic E-state index is 0.206. The van der Waals surface area contributed by atoms with Crippen LogP contribution in [0.15, 0.2) is 30.6 Å². The summed E-state index contributed by atoms with van der Waals surface area (Å²) in [5.74, 6) is 0.417. The lowest BCUT2D eigenvalue weighted by molar-refractivity contribution is 0.629. The van der Waals surface area contributed by atoms with Gasteiger partial charge in [0.25, 0.3) is 0 Å². The van der Waals surface area contributed by atoms with E-state index >= 15 is 0 Å². The lowest BCUT2D eigenvalue weighted by atomic mass is 10.0. The van der Waals surface area contributed by atoms with Crippen molar-refractivity contribution >= 4 is 28.3 Å². The van der Waals surface area contributed by atoms with Crippen LogP contribution in [0, 0.1) is 11.3 Å². The van der Waals surface area contributed by atoms with Gasteiger partial charge in [-0.1, -0.05) is 11.6 Å². The molecule has 0 spiro atoms. The molecule has 0 radical (unpaired) electrons. The largest absolute Gasteiger partial charge is 0.363 e. The second-order valence-corrected chi connectivity index (χ2v) is 8.18. The highest BCUT2D eigenvalue weighted by Crippen LogP contribution is 2.35. The molecule has 0 aliphatic carbocycles. The number of anilines is 1. The van der Waals surface area contributed by atoms with Crippen LogP contribution in [-0.2, 0) is 7.05 Å². The Bertz CT molecular complexity index is 1260. The first kappa shape index (κ1) is 18.9. The van der Waals surface area contributed by atoms with Gasteiger partial charge in [-0.2, -0.15) is 15.5 Å². The minimum atomic E-state index is -0.289. The molecule has 2 N–H and O–H groups in total. The molecule has 3 heterocycles. The van der Waals surface area contributed by atoms with Crippen LogP contribution in [0.5, 0.6) is 0 Å². The van der Waals surface area contributed by atoms with E-state index in [1.165, 1.54) is 0 Å². The molecule has 0 amide bonds. The van der Waals surface area contributed by atoms with Crippen molar-refractivity contribution in [1.29, 1.82) is 5.26 Å². The smallest absolute Gasteiger partial charge is 0.183 e. The van der Waals surface area contributed by atoms with E-state index in [1.54, 1.807) is 16.9 Å². The zero-order valence-electron chi connectivity index (χ0n) is 16.4. The number of rotatable bonds is 3. The number of benzene rings is 1. The predicted molar refractivity (Wildman–Crippen MR) is 112 cm³/mol. The maximum atomic E-state index is 9.69. The topological polar surface area (TPSA) is 108 Å². The fourth-order valence-electron chi connectivity index (χ4n) is 3.03. The number of aromatic amines is 1. The van der Waals surface area contributed by atoms with Crippen LogP contribution in [0.4, 0.5) is 5.82 Å². The van der Waals surface area contributed by atoms with E-state index in [9.17, 15) is 5.26 Å². The summed E-state index contributed by atoms with van der Waals surface area (Å²) in [6.07, 6.45) is 3.53. The molecule has 0 aliphatic heterocycles. The number of nitrogens with one attached hydrogen (secondary N) is 2. The molecule has 0 fully saturated rings. The molecule has 4 rings (SSSR count). The van der Waals surface area contributed by atoms with Gasteiger partial charge in [0.2, 0.25) is 0 Å². The number of H-pyrrole nitrogens is 1. The number of hydrogen-bond donors (Lipinski definition) is 2. The Kier molecular flexibility index (Phi) is 4.47. The molecule has 0 bridgehead atoms. The number of fused-ring (bicyclic) bond motifs is 1. The zero-order chi connectivity index (χ0) is 20.8. The molecular weight excluding hydrogens is 388 g/mol. The van der Waals surface area contributed by atoms with Crippen molar-refractivity contribution in [3.8, 4) is 28.7 Å². The highest BCUT2D eigenvalue weighted by molar-refractivity contribution is 6.35. The molecule has 1 aromatic carbocycles. The lowest BCUT2D eigenvalue weighted by Crippen LogP contribution is -2.27. The van der Waals surface area contributed by atoms with Crippen LogP contribution in [0.3, 0.4) is 0 Å². The number of aromatic nitrogens is 6. The summed E-state index contributed by atoms with van der Waals surface area (Å²) in [6, 6.07) is 7.71. The summed E-state index contributed by atoms with van der Waals surface area (Å²) in [5, 5.41) is 25.7. The third-order valence-electron chi connectivity index (χ3n) is 4.23. The molecule has 29 heavy (non-hydrogen) atoms. The highest BCUT2D eigenvalue weighted by atomic mass is 35.5. The zero-order valence-corrected chi connectivity index (χ0v) is 17.2. The number of hydrogen-bond acceptors (Lipinski definition) is 6. The van der Waals surface area contributed by atoms with Crippen molar-refractivity contribution in [3.05, 3.63) is 41.3 Å². The van der Waals surface area contributed by atoms with Crippen molar-refractivity contribution in [1.82, 2.24) is 29.9 Å². The Morgan fingerprint density at radius 3 is 2.66 bits per heavy atom. The molecule has 0 saturated carbocycles. The van der Waals surface area contributed by atoms with E-state index in [-0.39, 0.29) is 11.2 Å². The maximum Gasteiger partial charge on any atom is 0.183 e. The van der Waals surface area contributed by atoms with Crippen LogP contribution in [0.25, 0.3) is 33.5 Å². The van der Waals surface area contributed by atoms with Gasteiger partial charge in [-0.15, -0.1) is 0 Å². The number of nitriles is 1. The Hall–Kier alpha value is -3.44. The quantitative estimate of drug-likeness (QED) is 0.529. The van der Waals surface area contributed by atoms with Crippen LogP contribution in [0.2, 0.25) is 5.02 Å². The van der Waals surface area contributed by atoms with Crippen molar-refractivity contribution < 1.29 is 0 Å². The summed E-state index contributed by atoms with van der Waals surface area (Å²) >= 11 is 6.43. The third-order valence-corrected chi connectivity index (χ3v) is 4.52. The van der Waals surface area contributed by atoms with Gasteiger partial charge in [0, 0.05) is 29.7 Å². The maximum absolute atomic E-state index is 9.69. The molecule has 0 saturated heterocycles. The van der Waals surface area contributed by atoms with Crippen molar-refractivity contribution in [2.24, 2.45) is 7.05 Å². The monoisotopic (exact) mass is 406 g/mol. The molecule has 4 aromatic rings. The minimum Gasteiger partial charge on any atom is -0.363 e.